The van der Waals surface area contributed by atoms with Gasteiger partial charge in [0.15, 0.2) is 0 Å². The molecule has 1 saturated heterocycles. The lowest BCUT2D eigenvalue weighted by Gasteiger charge is -2.19. The highest BCUT2D eigenvalue weighted by atomic mass is 79.9. The van der Waals surface area contributed by atoms with E-state index in [2.05, 4.69) is 25.9 Å². The van der Waals surface area contributed by atoms with Gasteiger partial charge in [0.25, 0.3) is 0 Å². The molecule has 1 aliphatic rings. The fraction of sp³-hybridized carbons (Fsp3) is 0.500. The number of nitrogens with two attached hydrogens (primary N) is 1. The molecule has 0 spiro atoms. The Labute approximate surface area is 108 Å². The summed E-state index contributed by atoms with van der Waals surface area (Å²) < 4.78 is 0.630. The minimum Gasteiger partial charge on any atom is -0.383 e. The highest BCUT2D eigenvalue weighted by molar-refractivity contribution is 9.10. The zero-order chi connectivity index (χ0) is 12.4. The van der Waals surface area contributed by atoms with Crippen molar-refractivity contribution in [2.45, 2.75) is 6.42 Å². The number of likely N-dealkylation sites (N-methyl/N-ethyl adjacent to an activating group) is 1. The summed E-state index contributed by atoms with van der Waals surface area (Å²) in [5, 5.41) is 0. The Morgan fingerprint density at radius 1 is 1.41 bits per heavy atom. The van der Waals surface area contributed by atoms with Crippen LogP contribution in [0, 0.1) is 0 Å². The first-order valence-corrected chi connectivity index (χ1v) is 6.14. The standard InChI is InChI=1S/C10H14BrN5O/c1-15-3-2-4-16(6-9(15)17)10-13-7(11)5-8(12)14-10/h5H,2-4,6H2,1H3,(H2,12,13,14). The second-order valence-corrected chi connectivity index (χ2v) is 4.82. The molecule has 92 valence electrons. The monoisotopic (exact) mass is 299 g/mol. The molecule has 2 heterocycles. The minimum atomic E-state index is 0.0737. The van der Waals surface area contributed by atoms with Crippen molar-refractivity contribution in [1.82, 2.24) is 14.9 Å². The minimum absolute atomic E-state index is 0.0737. The van der Waals surface area contributed by atoms with Crippen LogP contribution in [-0.4, -0.2) is 47.5 Å². The summed E-state index contributed by atoms with van der Waals surface area (Å²) in [4.78, 5) is 23.7. The lowest BCUT2D eigenvalue weighted by Crippen LogP contribution is -2.35. The number of anilines is 2. The first-order valence-electron chi connectivity index (χ1n) is 5.35. The van der Waals surface area contributed by atoms with E-state index in [1.807, 2.05) is 11.9 Å². The molecule has 0 unspecified atom stereocenters. The number of nitrogen functional groups attached to an aromatic ring is 1. The van der Waals surface area contributed by atoms with Crippen molar-refractivity contribution >= 4 is 33.6 Å². The lowest BCUT2D eigenvalue weighted by atomic mass is 10.4. The second-order valence-electron chi connectivity index (χ2n) is 4.01. The molecular formula is C10H14BrN5O. The maximum Gasteiger partial charge on any atom is 0.241 e. The smallest absolute Gasteiger partial charge is 0.241 e. The molecule has 1 aromatic heterocycles. The summed E-state index contributed by atoms with van der Waals surface area (Å²) in [6, 6.07) is 1.63. The van der Waals surface area contributed by atoms with Crippen molar-refractivity contribution in [2.75, 3.05) is 37.3 Å². The van der Waals surface area contributed by atoms with Gasteiger partial charge < -0.3 is 15.5 Å². The average molecular weight is 300 g/mol. The van der Waals surface area contributed by atoms with E-state index in [0.717, 1.165) is 19.5 Å². The van der Waals surface area contributed by atoms with Gasteiger partial charge in [0, 0.05) is 26.2 Å². The molecule has 2 rings (SSSR count). The number of carbonyl (C=O) groups is 1. The van der Waals surface area contributed by atoms with Gasteiger partial charge in [-0.2, -0.15) is 4.98 Å². The first kappa shape index (κ1) is 12.1. The Kier molecular flexibility index (Phi) is 3.46. The molecule has 1 fully saturated rings. The third-order valence-corrected chi connectivity index (χ3v) is 3.07. The van der Waals surface area contributed by atoms with E-state index in [0.29, 0.717) is 22.9 Å². The molecule has 0 saturated carbocycles. The van der Waals surface area contributed by atoms with Crippen molar-refractivity contribution in [3.05, 3.63) is 10.7 Å². The Morgan fingerprint density at radius 3 is 2.88 bits per heavy atom. The molecule has 0 atom stereocenters. The number of aromatic nitrogens is 2. The molecule has 17 heavy (non-hydrogen) atoms. The van der Waals surface area contributed by atoms with Gasteiger partial charge in [-0.15, -0.1) is 0 Å². The van der Waals surface area contributed by atoms with Crippen LogP contribution in [0.4, 0.5) is 11.8 Å². The molecule has 0 bridgehead atoms. The first-order chi connectivity index (χ1) is 8.06. The summed E-state index contributed by atoms with van der Waals surface area (Å²) in [5.74, 6) is 0.970. The lowest BCUT2D eigenvalue weighted by molar-refractivity contribution is -0.127. The topological polar surface area (TPSA) is 75.3 Å². The van der Waals surface area contributed by atoms with Crippen molar-refractivity contribution in [1.29, 1.82) is 0 Å². The van der Waals surface area contributed by atoms with Crippen molar-refractivity contribution in [3.63, 3.8) is 0 Å². The molecule has 1 aliphatic heterocycles. The van der Waals surface area contributed by atoms with Crippen LogP contribution in [0.25, 0.3) is 0 Å². The molecule has 6 nitrogen and oxygen atoms in total. The fourth-order valence-electron chi connectivity index (χ4n) is 1.72. The van der Waals surface area contributed by atoms with Gasteiger partial charge in [0.05, 0.1) is 6.54 Å². The number of hydrogen-bond donors (Lipinski definition) is 1. The zero-order valence-electron chi connectivity index (χ0n) is 9.56. The van der Waals surface area contributed by atoms with Gasteiger partial charge in [-0.05, 0) is 22.4 Å². The predicted octanol–water partition coefficient (Wildman–Crippen LogP) is 0.490. The van der Waals surface area contributed by atoms with Gasteiger partial charge in [-0.3, -0.25) is 4.79 Å². The van der Waals surface area contributed by atoms with Crippen LogP contribution in [0.15, 0.2) is 10.7 Å². The maximum atomic E-state index is 11.8. The van der Waals surface area contributed by atoms with E-state index in [1.165, 1.54) is 0 Å². The Balaban J connectivity index is 2.23. The van der Waals surface area contributed by atoms with E-state index in [4.69, 9.17) is 5.73 Å². The van der Waals surface area contributed by atoms with E-state index >= 15 is 0 Å². The Bertz CT molecular complexity index is 418. The number of rotatable bonds is 1. The molecular weight excluding hydrogens is 286 g/mol. The number of carbonyl (C=O) groups excluding carboxylic acids is 1. The zero-order valence-corrected chi connectivity index (χ0v) is 11.1. The Morgan fingerprint density at radius 2 is 2.18 bits per heavy atom. The molecule has 7 heteroatoms. The quantitative estimate of drug-likeness (QED) is 0.764. The number of halogens is 1. The van der Waals surface area contributed by atoms with Crippen LogP contribution in [0.5, 0.6) is 0 Å². The summed E-state index contributed by atoms with van der Waals surface area (Å²) in [7, 11) is 1.81. The fourth-order valence-corrected chi connectivity index (χ4v) is 2.11. The van der Waals surface area contributed by atoms with E-state index < -0.39 is 0 Å². The second kappa shape index (κ2) is 4.87. The molecule has 1 amide bonds. The summed E-state index contributed by atoms with van der Waals surface area (Å²) in [6.07, 6.45) is 0.901. The van der Waals surface area contributed by atoms with Crippen LogP contribution in [-0.2, 0) is 4.79 Å². The SMILES string of the molecule is CN1CCCN(c2nc(N)cc(Br)n2)CC1=O. The maximum absolute atomic E-state index is 11.8. The highest BCUT2D eigenvalue weighted by Crippen LogP contribution is 2.17. The van der Waals surface area contributed by atoms with Crippen LogP contribution >= 0.6 is 15.9 Å². The number of amides is 1. The van der Waals surface area contributed by atoms with Crippen LogP contribution in [0.2, 0.25) is 0 Å². The highest BCUT2D eigenvalue weighted by Gasteiger charge is 2.21. The van der Waals surface area contributed by atoms with E-state index in [1.54, 1.807) is 11.0 Å². The van der Waals surface area contributed by atoms with Crippen molar-refractivity contribution in [3.8, 4) is 0 Å². The number of hydrogen-bond acceptors (Lipinski definition) is 5. The third-order valence-electron chi connectivity index (χ3n) is 2.66. The van der Waals surface area contributed by atoms with Crippen LogP contribution in [0.3, 0.4) is 0 Å². The summed E-state index contributed by atoms with van der Waals surface area (Å²) in [6.45, 7) is 1.82. The average Bonchev–Trinajstić information content (AvgIpc) is 2.40. The van der Waals surface area contributed by atoms with Gasteiger partial charge >= 0.3 is 0 Å². The van der Waals surface area contributed by atoms with Gasteiger partial charge in [0.1, 0.15) is 10.4 Å². The number of nitrogens with zero attached hydrogens (tertiary/aromatic N) is 4. The predicted molar refractivity (Wildman–Crippen MR) is 68.6 cm³/mol. The van der Waals surface area contributed by atoms with E-state index in [-0.39, 0.29) is 5.91 Å². The normalized spacial score (nSPS) is 17.2. The molecule has 0 radical (unpaired) electrons. The largest absolute Gasteiger partial charge is 0.383 e. The van der Waals surface area contributed by atoms with Gasteiger partial charge in [-0.25, -0.2) is 4.98 Å². The summed E-state index contributed by atoms with van der Waals surface area (Å²) in [5.41, 5.74) is 5.66. The molecule has 1 aromatic rings. The molecule has 2 N–H and O–H groups in total. The van der Waals surface area contributed by atoms with Crippen LogP contribution in [0.1, 0.15) is 6.42 Å². The third kappa shape index (κ3) is 2.85. The van der Waals surface area contributed by atoms with Crippen molar-refractivity contribution < 1.29 is 4.79 Å². The van der Waals surface area contributed by atoms with Gasteiger partial charge in [-0.1, -0.05) is 0 Å². The van der Waals surface area contributed by atoms with Gasteiger partial charge in [0.2, 0.25) is 11.9 Å². The van der Waals surface area contributed by atoms with Crippen molar-refractivity contribution in [2.24, 2.45) is 0 Å². The van der Waals surface area contributed by atoms with E-state index in [9.17, 15) is 4.79 Å². The Hall–Kier alpha value is -1.37. The molecule has 0 aromatic carbocycles. The summed E-state index contributed by atoms with van der Waals surface area (Å²) >= 11 is 3.27. The molecule has 0 aliphatic carbocycles. The van der Waals surface area contributed by atoms with Crippen LogP contribution < -0.4 is 10.6 Å².